The van der Waals surface area contributed by atoms with E-state index < -0.39 is 0 Å². The molecule has 18 heavy (non-hydrogen) atoms. The van der Waals surface area contributed by atoms with Gasteiger partial charge < -0.3 is 20.9 Å². The summed E-state index contributed by atoms with van der Waals surface area (Å²) in [5, 5.41) is 0. The molecule has 0 bridgehead atoms. The van der Waals surface area contributed by atoms with Crippen LogP contribution in [0.2, 0.25) is 0 Å². The number of nitrogens with two attached hydrogens (primary N) is 2. The van der Waals surface area contributed by atoms with E-state index in [1.807, 2.05) is 12.1 Å². The van der Waals surface area contributed by atoms with Crippen LogP contribution in [0.25, 0.3) is 0 Å². The molecule has 4 N–H and O–H groups in total. The number of benzene rings is 1. The first-order chi connectivity index (χ1) is 8.58. The first-order valence-electron chi connectivity index (χ1n) is 5.90. The lowest BCUT2D eigenvalue weighted by atomic mass is 9.87. The molecule has 0 amide bonds. The number of hydrogen-bond donors (Lipinski definition) is 2. The molecule has 102 valence electrons. The molecule has 0 aliphatic heterocycles. The van der Waals surface area contributed by atoms with Crippen molar-refractivity contribution in [3.05, 3.63) is 22.2 Å². The maximum absolute atomic E-state index is 5.75. The van der Waals surface area contributed by atoms with Crippen molar-refractivity contribution in [3.63, 3.8) is 0 Å². The molecule has 1 unspecified atom stereocenters. The lowest BCUT2D eigenvalue weighted by Crippen LogP contribution is -2.28. The molecule has 1 atom stereocenters. The van der Waals surface area contributed by atoms with Gasteiger partial charge >= 0.3 is 0 Å². The standard InChI is InChI=1S/C13H21BrN2O2/c1-8(9(6-15)7-16)10-4-11(14)13(18-3)5-12(10)17-2/h4-5,8-9H,6-7,15-16H2,1-3H3. The lowest BCUT2D eigenvalue weighted by molar-refractivity contribution is 0.378. The number of rotatable bonds is 6. The topological polar surface area (TPSA) is 70.5 Å². The summed E-state index contributed by atoms with van der Waals surface area (Å²) in [4.78, 5) is 0. The smallest absolute Gasteiger partial charge is 0.136 e. The highest BCUT2D eigenvalue weighted by Gasteiger charge is 2.21. The normalized spacial score (nSPS) is 12.6. The zero-order valence-electron chi connectivity index (χ0n) is 11.1. The van der Waals surface area contributed by atoms with Crippen LogP contribution in [0.3, 0.4) is 0 Å². The van der Waals surface area contributed by atoms with E-state index in [2.05, 4.69) is 22.9 Å². The predicted molar refractivity (Wildman–Crippen MR) is 77.3 cm³/mol. The fraction of sp³-hybridized carbons (Fsp3) is 0.538. The van der Waals surface area contributed by atoms with Crippen LogP contribution in [0, 0.1) is 5.92 Å². The summed E-state index contributed by atoms with van der Waals surface area (Å²) in [6.07, 6.45) is 0. The number of hydrogen-bond acceptors (Lipinski definition) is 4. The van der Waals surface area contributed by atoms with Gasteiger partial charge in [-0.05, 0) is 52.5 Å². The zero-order chi connectivity index (χ0) is 13.7. The molecule has 0 fully saturated rings. The Morgan fingerprint density at radius 1 is 1.11 bits per heavy atom. The molecule has 0 saturated carbocycles. The second kappa shape index (κ2) is 6.97. The molecule has 0 heterocycles. The fourth-order valence-corrected chi connectivity index (χ4v) is 2.52. The summed E-state index contributed by atoms with van der Waals surface area (Å²) in [7, 11) is 3.28. The Labute approximate surface area is 117 Å². The third-order valence-electron chi connectivity index (χ3n) is 3.31. The van der Waals surface area contributed by atoms with Gasteiger partial charge in [0.1, 0.15) is 11.5 Å². The monoisotopic (exact) mass is 316 g/mol. The Kier molecular flexibility index (Phi) is 5.91. The maximum atomic E-state index is 5.75. The second-order valence-corrected chi connectivity index (χ2v) is 5.10. The quantitative estimate of drug-likeness (QED) is 0.843. The number of methoxy groups -OCH3 is 2. The summed E-state index contributed by atoms with van der Waals surface area (Å²) >= 11 is 3.49. The van der Waals surface area contributed by atoms with Crippen molar-refractivity contribution < 1.29 is 9.47 Å². The molecule has 1 aromatic carbocycles. The molecular weight excluding hydrogens is 296 g/mol. The molecule has 1 aromatic rings. The van der Waals surface area contributed by atoms with Gasteiger partial charge in [0.05, 0.1) is 18.7 Å². The van der Waals surface area contributed by atoms with Crippen LogP contribution < -0.4 is 20.9 Å². The highest BCUT2D eigenvalue weighted by molar-refractivity contribution is 9.10. The van der Waals surface area contributed by atoms with Crippen LogP contribution >= 0.6 is 15.9 Å². The molecule has 0 aromatic heterocycles. The van der Waals surface area contributed by atoms with Crippen LogP contribution in [0.1, 0.15) is 18.4 Å². The SMILES string of the molecule is COc1cc(OC)c(C(C)C(CN)CN)cc1Br. The minimum absolute atomic E-state index is 0.233. The van der Waals surface area contributed by atoms with Crippen molar-refractivity contribution in [2.45, 2.75) is 12.8 Å². The average Bonchev–Trinajstić information content (AvgIpc) is 2.39. The van der Waals surface area contributed by atoms with Crippen LogP contribution in [-0.2, 0) is 0 Å². The van der Waals surface area contributed by atoms with Gasteiger partial charge in [-0.2, -0.15) is 0 Å². The molecule has 4 nitrogen and oxygen atoms in total. The van der Waals surface area contributed by atoms with Crippen molar-refractivity contribution >= 4 is 15.9 Å². The number of halogens is 1. The van der Waals surface area contributed by atoms with Gasteiger partial charge in [-0.1, -0.05) is 6.92 Å². The fourth-order valence-electron chi connectivity index (χ4n) is 2.00. The van der Waals surface area contributed by atoms with Crippen molar-refractivity contribution in [1.29, 1.82) is 0 Å². The van der Waals surface area contributed by atoms with Crippen LogP contribution in [0.4, 0.5) is 0 Å². The van der Waals surface area contributed by atoms with Crippen LogP contribution in [0.15, 0.2) is 16.6 Å². The van der Waals surface area contributed by atoms with E-state index in [1.54, 1.807) is 14.2 Å². The largest absolute Gasteiger partial charge is 0.496 e. The zero-order valence-corrected chi connectivity index (χ0v) is 12.7. The van der Waals surface area contributed by atoms with Gasteiger partial charge in [0.2, 0.25) is 0 Å². The van der Waals surface area contributed by atoms with Gasteiger partial charge in [-0.15, -0.1) is 0 Å². The molecule has 1 rings (SSSR count). The van der Waals surface area contributed by atoms with Gasteiger partial charge in [-0.3, -0.25) is 0 Å². The first-order valence-corrected chi connectivity index (χ1v) is 6.69. The summed E-state index contributed by atoms with van der Waals surface area (Å²) < 4.78 is 11.6. The number of ether oxygens (including phenoxy) is 2. The van der Waals surface area contributed by atoms with Gasteiger partial charge in [0, 0.05) is 6.07 Å². The summed E-state index contributed by atoms with van der Waals surface area (Å²) in [5.74, 6) is 2.02. The third-order valence-corrected chi connectivity index (χ3v) is 3.93. The lowest BCUT2D eigenvalue weighted by Gasteiger charge is -2.24. The summed E-state index contributed by atoms with van der Waals surface area (Å²) in [5.41, 5.74) is 12.6. The van der Waals surface area contributed by atoms with E-state index in [0.717, 1.165) is 21.5 Å². The van der Waals surface area contributed by atoms with Crippen LogP contribution in [0.5, 0.6) is 11.5 Å². The van der Waals surface area contributed by atoms with E-state index >= 15 is 0 Å². The minimum atomic E-state index is 0.233. The highest BCUT2D eigenvalue weighted by atomic mass is 79.9. The molecule has 0 radical (unpaired) electrons. The van der Waals surface area contributed by atoms with Crippen molar-refractivity contribution in [2.24, 2.45) is 17.4 Å². The van der Waals surface area contributed by atoms with Crippen LogP contribution in [-0.4, -0.2) is 27.3 Å². The molecule has 0 saturated heterocycles. The Morgan fingerprint density at radius 3 is 2.11 bits per heavy atom. The predicted octanol–water partition coefficient (Wildman–Crippen LogP) is 2.10. The Balaban J connectivity index is 3.18. The molecule has 0 spiro atoms. The van der Waals surface area contributed by atoms with Crippen molar-refractivity contribution in [3.8, 4) is 11.5 Å². The Hall–Kier alpha value is -0.780. The third kappa shape index (κ3) is 3.16. The molecule has 0 aliphatic carbocycles. The van der Waals surface area contributed by atoms with Gasteiger partial charge in [0.25, 0.3) is 0 Å². The second-order valence-electron chi connectivity index (χ2n) is 4.25. The summed E-state index contributed by atoms with van der Waals surface area (Å²) in [6, 6.07) is 3.89. The molecule has 0 aliphatic rings. The maximum Gasteiger partial charge on any atom is 0.136 e. The minimum Gasteiger partial charge on any atom is -0.496 e. The van der Waals surface area contributed by atoms with E-state index in [4.69, 9.17) is 20.9 Å². The summed E-state index contributed by atoms with van der Waals surface area (Å²) in [6.45, 7) is 3.23. The molecular formula is C13H21BrN2O2. The van der Waals surface area contributed by atoms with Gasteiger partial charge in [0.15, 0.2) is 0 Å². The van der Waals surface area contributed by atoms with Gasteiger partial charge in [-0.25, -0.2) is 0 Å². The highest BCUT2D eigenvalue weighted by Crippen LogP contribution is 2.38. The van der Waals surface area contributed by atoms with E-state index in [1.165, 1.54) is 0 Å². The Bertz CT molecular complexity index is 395. The van der Waals surface area contributed by atoms with E-state index in [0.29, 0.717) is 13.1 Å². The average molecular weight is 317 g/mol. The van der Waals surface area contributed by atoms with Crippen molar-refractivity contribution in [2.75, 3.05) is 27.3 Å². The van der Waals surface area contributed by atoms with E-state index in [9.17, 15) is 0 Å². The Morgan fingerprint density at radius 2 is 1.67 bits per heavy atom. The first kappa shape index (κ1) is 15.3. The van der Waals surface area contributed by atoms with E-state index in [-0.39, 0.29) is 11.8 Å². The molecule has 5 heteroatoms. The van der Waals surface area contributed by atoms with Crippen molar-refractivity contribution in [1.82, 2.24) is 0 Å².